The Hall–Kier alpha value is -3.53. The topological polar surface area (TPSA) is 91.8 Å². The van der Waals surface area contributed by atoms with E-state index in [1.54, 1.807) is 18.3 Å². The fourth-order valence-corrected chi connectivity index (χ4v) is 7.79. The first-order chi connectivity index (χ1) is 20.6. The van der Waals surface area contributed by atoms with E-state index in [0.29, 0.717) is 30.0 Å². The van der Waals surface area contributed by atoms with E-state index < -0.39 is 27.1 Å². The Morgan fingerprint density at radius 1 is 1.02 bits per heavy atom. The molecule has 234 valence electrons. The van der Waals surface area contributed by atoms with Crippen molar-refractivity contribution in [2.24, 2.45) is 11.8 Å². The van der Waals surface area contributed by atoms with Gasteiger partial charge in [-0.25, -0.2) is 22.2 Å². The number of carbonyl (C=O) groups is 1. The Kier molecular flexibility index (Phi) is 7.50. The van der Waals surface area contributed by atoms with E-state index in [9.17, 15) is 17.6 Å². The van der Waals surface area contributed by atoms with E-state index in [-0.39, 0.29) is 52.8 Å². The van der Waals surface area contributed by atoms with Gasteiger partial charge in [-0.3, -0.25) is 4.79 Å². The molecule has 3 aromatic rings. The van der Waals surface area contributed by atoms with E-state index in [4.69, 9.17) is 14.2 Å². The summed E-state index contributed by atoms with van der Waals surface area (Å²) in [7, 11) is -3.08. The minimum Gasteiger partial charge on any atom is -0.490 e. The van der Waals surface area contributed by atoms with Crippen LogP contribution in [0.1, 0.15) is 67.3 Å². The van der Waals surface area contributed by atoms with Gasteiger partial charge >= 0.3 is 5.97 Å². The number of halogens is 2. The molecule has 1 aromatic heterocycles. The van der Waals surface area contributed by atoms with Crippen molar-refractivity contribution in [2.45, 2.75) is 83.4 Å². The molecule has 3 aliphatic carbocycles. The van der Waals surface area contributed by atoms with Gasteiger partial charge in [0.25, 0.3) is 0 Å². The van der Waals surface area contributed by atoms with Crippen molar-refractivity contribution < 1.29 is 36.2 Å². The molecule has 7 nitrogen and oxygen atoms in total. The molecule has 0 bridgehead atoms. The first kappa shape index (κ1) is 30.5. The predicted octanol–water partition coefficient (Wildman–Crippen LogP) is 6.40. The van der Waals surface area contributed by atoms with E-state index in [1.807, 2.05) is 40.7 Å². The van der Waals surface area contributed by atoms with Gasteiger partial charge in [0.2, 0.25) is 5.88 Å². The summed E-state index contributed by atoms with van der Waals surface area (Å²) in [6.07, 6.45) is 4.41. The van der Waals surface area contributed by atoms with Crippen molar-refractivity contribution in [3.8, 4) is 22.8 Å². The fourth-order valence-electron chi connectivity index (χ4n) is 6.66. The predicted molar refractivity (Wildman–Crippen MR) is 161 cm³/mol. The van der Waals surface area contributed by atoms with Crippen LogP contribution in [0.5, 0.6) is 11.6 Å². The van der Waals surface area contributed by atoms with Crippen LogP contribution in [0.4, 0.5) is 8.78 Å². The normalized spacial score (nSPS) is 23.8. The van der Waals surface area contributed by atoms with Crippen LogP contribution in [0.25, 0.3) is 11.1 Å². The quantitative estimate of drug-likeness (QED) is 0.268. The zero-order valence-electron chi connectivity index (χ0n) is 25.7. The van der Waals surface area contributed by atoms with E-state index in [2.05, 4.69) is 4.98 Å². The zero-order valence-corrected chi connectivity index (χ0v) is 26.6. The van der Waals surface area contributed by atoms with Gasteiger partial charge in [-0.05, 0) is 93.0 Å². The molecule has 0 N–H and O–H groups in total. The van der Waals surface area contributed by atoms with Crippen LogP contribution in [-0.2, 0) is 32.4 Å². The zero-order chi connectivity index (χ0) is 31.7. The molecular formula is C34H37F2NO6S. The van der Waals surface area contributed by atoms with Crippen LogP contribution in [0.3, 0.4) is 0 Å². The number of hydrogen-bond acceptors (Lipinski definition) is 7. The molecule has 0 spiro atoms. The summed E-state index contributed by atoms with van der Waals surface area (Å²) < 4.78 is 70.9. The minimum absolute atomic E-state index is 0.111. The molecule has 6 rings (SSSR count). The number of sulfone groups is 1. The summed E-state index contributed by atoms with van der Waals surface area (Å²) in [6, 6.07) is 7.76. The number of hydrogen-bond donors (Lipinski definition) is 0. The highest BCUT2D eigenvalue weighted by atomic mass is 32.2. The molecule has 44 heavy (non-hydrogen) atoms. The maximum absolute atomic E-state index is 15.1. The number of benzene rings is 2. The second-order valence-corrected chi connectivity index (χ2v) is 15.8. The Balaban J connectivity index is 1.14. The third kappa shape index (κ3) is 5.93. The molecule has 0 radical (unpaired) electrons. The molecule has 2 saturated carbocycles. The lowest BCUT2D eigenvalue weighted by Gasteiger charge is -2.34. The first-order valence-corrected chi connectivity index (χ1v) is 16.8. The molecular weight excluding hydrogens is 588 g/mol. The summed E-state index contributed by atoms with van der Waals surface area (Å²) in [5, 5.41) is -0.378. The molecule has 3 atom stereocenters. The molecule has 1 heterocycles. The van der Waals surface area contributed by atoms with E-state index >= 15 is 4.39 Å². The highest BCUT2D eigenvalue weighted by Crippen LogP contribution is 2.62. The van der Waals surface area contributed by atoms with Crippen LogP contribution in [-0.4, -0.2) is 42.6 Å². The van der Waals surface area contributed by atoms with Crippen molar-refractivity contribution in [1.29, 1.82) is 0 Å². The number of aryl methyl sites for hydroxylation is 2. The van der Waals surface area contributed by atoms with Gasteiger partial charge in [0.05, 0.1) is 11.2 Å². The van der Waals surface area contributed by atoms with Gasteiger partial charge in [0.1, 0.15) is 35.7 Å². The maximum atomic E-state index is 15.1. The van der Waals surface area contributed by atoms with Crippen LogP contribution < -0.4 is 9.47 Å². The SMILES string of the molecule is Cc1cc(O[C@H]2C[C@H](S(C)(=O)=O)C2)cc(C)c1-c1cc(COc2cc3c(cn2)[C@H]2[C@@H](C3)[C@@H]2C(=O)OC(C)(C)C)c(F)cc1F. The second kappa shape index (κ2) is 10.8. The monoisotopic (exact) mass is 625 g/mol. The first-order valence-electron chi connectivity index (χ1n) is 14.9. The lowest BCUT2D eigenvalue weighted by atomic mass is 9.93. The summed E-state index contributed by atoms with van der Waals surface area (Å²) >= 11 is 0. The van der Waals surface area contributed by atoms with Crippen LogP contribution in [0, 0.1) is 37.3 Å². The van der Waals surface area contributed by atoms with Gasteiger partial charge in [0, 0.05) is 54.5 Å². The Bertz CT molecular complexity index is 1740. The number of esters is 1. The Morgan fingerprint density at radius 3 is 2.34 bits per heavy atom. The van der Waals surface area contributed by atoms with Crippen molar-refractivity contribution in [2.75, 3.05) is 6.26 Å². The van der Waals surface area contributed by atoms with E-state index in [1.165, 1.54) is 12.3 Å². The number of aromatic nitrogens is 1. The largest absolute Gasteiger partial charge is 0.490 e. The molecule has 0 amide bonds. The molecule has 2 fully saturated rings. The van der Waals surface area contributed by atoms with Gasteiger partial charge in [-0.1, -0.05) is 0 Å². The Morgan fingerprint density at radius 2 is 1.70 bits per heavy atom. The van der Waals surface area contributed by atoms with Gasteiger partial charge in [-0.15, -0.1) is 0 Å². The maximum Gasteiger partial charge on any atom is 0.310 e. The Labute approximate surface area is 256 Å². The van der Waals surface area contributed by atoms with Crippen LogP contribution in [0.15, 0.2) is 36.5 Å². The molecule has 2 aromatic carbocycles. The molecule has 0 aliphatic heterocycles. The number of fused-ring (bicyclic) bond motifs is 3. The van der Waals surface area contributed by atoms with Crippen molar-refractivity contribution in [3.05, 3.63) is 76.0 Å². The molecule has 10 heteroatoms. The lowest BCUT2D eigenvalue weighted by molar-refractivity contribution is -0.157. The average Bonchev–Trinajstić information content (AvgIpc) is 3.46. The average molecular weight is 626 g/mol. The smallest absolute Gasteiger partial charge is 0.310 e. The second-order valence-electron chi connectivity index (χ2n) is 13.5. The van der Waals surface area contributed by atoms with Gasteiger partial charge in [0.15, 0.2) is 9.84 Å². The molecule has 0 saturated heterocycles. The lowest BCUT2D eigenvalue weighted by Crippen LogP contribution is -2.42. The van der Waals surface area contributed by atoms with E-state index in [0.717, 1.165) is 34.7 Å². The van der Waals surface area contributed by atoms with Gasteiger partial charge < -0.3 is 14.2 Å². The highest BCUT2D eigenvalue weighted by molar-refractivity contribution is 7.91. The van der Waals surface area contributed by atoms with Crippen molar-refractivity contribution >= 4 is 15.8 Å². The highest BCUT2D eigenvalue weighted by Gasteiger charge is 2.61. The molecule has 3 aliphatic rings. The van der Waals surface area contributed by atoms with Crippen LogP contribution in [0.2, 0.25) is 0 Å². The number of carbonyl (C=O) groups excluding carboxylic acids is 1. The molecule has 0 unspecified atom stereocenters. The number of pyridine rings is 1. The summed E-state index contributed by atoms with van der Waals surface area (Å²) in [6.45, 7) is 9.11. The van der Waals surface area contributed by atoms with Gasteiger partial charge in [-0.2, -0.15) is 0 Å². The van der Waals surface area contributed by atoms with Crippen molar-refractivity contribution in [1.82, 2.24) is 4.98 Å². The summed E-state index contributed by atoms with van der Waals surface area (Å²) in [5.74, 6) is -0.466. The summed E-state index contributed by atoms with van der Waals surface area (Å²) in [4.78, 5) is 17.0. The van der Waals surface area contributed by atoms with Crippen LogP contribution >= 0.6 is 0 Å². The third-order valence-corrected chi connectivity index (χ3v) is 10.5. The number of nitrogens with zero attached hydrogens (tertiary/aromatic N) is 1. The standard InChI is InChI=1S/C34H37F2NO6S/c1-17-7-21(42-22-12-23(13-22)44(6,39)40)8-18(2)30(17)24-10-20(27(35)14-28(24)36)16-41-29-11-19-9-25-31(26(19)15-37-29)32(25)33(38)43-34(3,4)5/h7-8,10-11,14-15,22-23,25,31-32H,9,12-13,16H2,1-6H3/t22-,23-,25-,31-,32+/m1/s1. The third-order valence-electron chi connectivity index (χ3n) is 8.91. The fraction of sp³-hybridized carbons (Fsp3) is 0.471. The van der Waals surface area contributed by atoms with Crippen molar-refractivity contribution in [3.63, 3.8) is 0 Å². The minimum atomic E-state index is -3.08. The number of ether oxygens (including phenoxy) is 3. The number of rotatable bonds is 8. The summed E-state index contributed by atoms with van der Waals surface area (Å²) in [5.41, 5.74) is 4.14.